The molecule has 3 heterocycles. The third-order valence-electron chi connectivity index (χ3n) is 6.65. The van der Waals surface area contributed by atoms with Gasteiger partial charge in [-0.25, -0.2) is 0 Å². The highest BCUT2D eigenvalue weighted by Gasteiger charge is 2.31. The third kappa shape index (κ3) is 5.38. The highest BCUT2D eigenvalue weighted by molar-refractivity contribution is 6.30. The second kappa shape index (κ2) is 9.55. The minimum Gasteiger partial charge on any atom is -0.339 e. The van der Waals surface area contributed by atoms with Crippen molar-refractivity contribution < 1.29 is 4.79 Å². The average Bonchev–Trinajstić information content (AvgIpc) is 3.60. The first-order valence-electron chi connectivity index (χ1n) is 11.7. The van der Waals surface area contributed by atoms with Gasteiger partial charge >= 0.3 is 0 Å². The Kier molecular flexibility index (Phi) is 6.35. The number of carbonyl (C=O) groups is 1. The molecule has 33 heavy (non-hydrogen) atoms. The van der Waals surface area contributed by atoms with Gasteiger partial charge in [0.05, 0.1) is 6.54 Å². The lowest BCUT2D eigenvalue weighted by molar-refractivity contribution is -0.127. The fraction of sp³-hybridized carbons (Fsp3) is 0.500. The summed E-state index contributed by atoms with van der Waals surface area (Å²) in [7, 11) is 0. The molecule has 2 aromatic rings. The van der Waals surface area contributed by atoms with Crippen LogP contribution in [0.4, 0.5) is 0 Å². The number of aryl methyl sites for hydroxylation is 1. The third-order valence-corrected chi connectivity index (χ3v) is 6.88. The van der Waals surface area contributed by atoms with Crippen LogP contribution in [-0.2, 0) is 11.3 Å². The Bertz CT molecular complexity index is 1120. The highest BCUT2D eigenvalue weighted by Crippen LogP contribution is 2.34. The van der Waals surface area contributed by atoms with Crippen molar-refractivity contribution in [3.8, 4) is 0 Å². The lowest BCUT2D eigenvalue weighted by Crippen LogP contribution is -2.39. The van der Waals surface area contributed by atoms with Gasteiger partial charge in [0.15, 0.2) is 5.82 Å². The van der Waals surface area contributed by atoms with Gasteiger partial charge in [0.2, 0.25) is 5.91 Å². The van der Waals surface area contributed by atoms with Crippen LogP contribution in [0.5, 0.6) is 0 Å². The molecule has 1 aromatic carbocycles. The molecule has 8 nitrogen and oxygen atoms in total. The van der Waals surface area contributed by atoms with Crippen LogP contribution in [0.2, 0.25) is 5.02 Å². The summed E-state index contributed by atoms with van der Waals surface area (Å²) < 4.78 is 0. The molecule has 1 saturated heterocycles. The van der Waals surface area contributed by atoms with Gasteiger partial charge in [0, 0.05) is 41.5 Å². The zero-order chi connectivity index (χ0) is 22.8. The van der Waals surface area contributed by atoms with E-state index in [0.717, 1.165) is 49.9 Å². The fourth-order valence-electron chi connectivity index (χ4n) is 4.59. The van der Waals surface area contributed by atoms with Crippen molar-refractivity contribution >= 4 is 35.0 Å². The van der Waals surface area contributed by atoms with Crippen molar-refractivity contribution in [3.05, 3.63) is 46.2 Å². The quantitative estimate of drug-likeness (QED) is 0.604. The Labute approximate surface area is 198 Å². The normalized spacial score (nSPS) is 19.6. The molecule has 0 unspecified atom stereocenters. The molecule has 1 aromatic heterocycles. The fourth-order valence-corrected chi connectivity index (χ4v) is 4.78. The van der Waals surface area contributed by atoms with Crippen LogP contribution in [0.3, 0.4) is 0 Å². The summed E-state index contributed by atoms with van der Waals surface area (Å²) in [6, 6.07) is 5.61. The summed E-state index contributed by atoms with van der Waals surface area (Å²) in [6.45, 7) is 3.74. The lowest BCUT2D eigenvalue weighted by atomic mass is 9.88. The van der Waals surface area contributed by atoms with Crippen molar-refractivity contribution in [2.24, 2.45) is 22.0 Å². The summed E-state index contributed by atoms with van der Waals surface area (Å²) in [5, 5.41) is 21.9. The topological polar surface area (TPSA) is 88.6 Å². The molecule has 5 rings (SSSR count). The number of carbonyl (C=O) groups excluding carboxylic acids is 1. The van der Waals surface area contributed by atoms with E-state index in [2.05, 4.69) is 25.6 Å². The summed E-state index contributed by atoms with van der Waals surface area (Å²) in [6.07, 6.45) is 10.1. The van der Waals surface area contributed by atoms with E-state index < -0.39 is 0 Å². The number of piperidine rings is 1. The lowest BCUT2D eigenvalue weighted by Gasteiger charge is -2.32. The number of amides is 1. The Morgan fingerprint density at radius 3 is 2.39 bits per heavy atom. The van der Waals surface area contributed by atoms with Crippen molar-refractivity contribution in [2.45, 2.75) is 52.0 Å². The van der Waals surface area contributed by atoms with E-state index in [1.165, 1.54) is 29.1 Å². The molecule has 0 radical (unpaired) electrons. The smallest absolute Gasteiger partial charge is 0.246 e. The van der Waals surface area contributed by atoms with E-state index in [0.29, 0.717) is 29.2 Å². The average molecular weight is 466 g/mol. The largest absolute Gasteiger partial charge is 0.339 e. The minimum absolute atomic E-state index is 0.0312. The number of benzene rings is 1. The van der Waals surface area contributed by atoms with Crippen LogP contribution in [0, 0.1) is 18.8 Å². The zero-order valence-corrected chi connectivity index (χ0v) is 19.6. The molecule has 1 amide bonds. The Balaban J connectivity index is 1.19. The number of nitrogens with zero attached hydrogens (tertiary/aromatic N) is 7. The second-order valence-corrected chi connectivity index (χ2v) is 9.54. The maximum absolute atomic E-state index is 12.8. The van der Waals surface area contributed by atoms with Crippen LogP contribution in [0.15, 0.2) is 34.5 Å². The van der Waals surface area contributed by atoms with E-state index in [4.69, 9.17) is 11.6 Å². The molecule has 2 fully saturated rings. The number of rotatable bonds is 6. The molecule has 9 heteroatoms. The number of hydrogen-bond donors (Lipinski definition) is 0. The molecular formula is C24H28ClN7O. The molecule has 1 aliphatic carbocycles. The Morgan fingerprint density at radius 1 is 1.09 bits per heavy atom. The first-order valence-corrected chi connectivity index (χ1v) is 12.1. The minimum atomic E-state index is 0.0312. The Morgan fingerprint density at radius 2 is 1.79 bits per heavy atom. The first-order chi connectivity index (χ1) is 16.0. The van der Waals surface area contributed by atoms with Gasteiger partial charge in [0.25, 0.3) is 0 Å². The summed E-state index contributed by atoms with van der Waals surface area (Å²) in [4.78, 5) is 16.3. The molecule has 172 valence electrons. The maximum Gasteiger partial charge on any atom is 0.246 e. The predicted molar refractivity (Wildman–Crippen MR) is 128 cm³/mol. The van der Waals surface area contributed by atoms with Gasteiger partial charge in [0.1, 0.15) is 0 Å². The predicted octanol–water partition coefficient (Wildman–Crippen LogP) is 3.94. The number of aromatic nitrogens is 4. The molecular weight excluding hydrogens is 438 g/mol. The summed E-state index contributed by atoms with van der Waals surface area (Å²) >= 11 is 6.19. The highest BCUT2D eigenvalue weighted by atomic mass is 35.5. The molecule has 3 aliphatic rings. The molecule has 2 aliphatic heterocycles. The number of halogens is 1. The van der Waals surface area contributed by atoms with E-state index >= 15 is 0 Å². The molecule has 0 atom stereocenters. The first kappa shape index (κ1) is 21.9. The van der Waals surface area contributed by atoms with E-state index in [-0.39, 0.29) is 5.91 Å². The maximum atomic E-state index is 12.8. The number of tetrazole rings is 1. The SMILES string of the molecule is Cc1nnn(Cc2cc(Cl)ccc2/C=C/C(=O)N2CCC(C3=NN=C(C4CC4)CC3)CC2)n1. The summed E-state index contributed by atoms with van der Waals surface area (Å²) in [5.74, 6) is 1.80. The van der Waals surface area contributed by atoms with Gasteiger partial charge < -0.3 is 4.90 Å². The molecule has 0 N–H and O–H groups in total. The molecule has 0 bridgehead atoms. The number of likely N-dealkylation sites (tertiary alicyclic amines) is 1. The van der Waals surface area contributed by atoms with Gasteiger partial charge in [-0.2, -0.15) is 15.0 Å². The van der Waals surface area contributed by atoms with Gasteiger partial charge in [-0.15, -0.1) is 10.2 Å². The summed E-state index contributed by atoms with van der Waals surface area (Å²) in [5.41, 5.74) is 4.38. The van der Waals surface area contributed by atoms with Crippen LogP contribution in [-0.4, -0.2) is 55.5 Å². The van der Waals surface area contributed by atoms with Gasteiger partial charge in [-0.05, 0) is 85.9 Å². The molecule has 1 saturated carbocycles. The Hall–Kier alpha value is -2.87. The van der Waals surface area contributed by atoms with E-state index in [9.17, 15) is 4.79 Å². The van der Waals surface area contributed by atoms with Gasteiger partial charge in [-0.3, -0.25) is 4.79 Å². The van der Waals surface area contributed by atoms with Crippen LogP contribution in [0.1, 0.15) is 55.5 Å². The van der Waals surface area contributed by atoms with Crippen molar-refractivity contribution in [3.63, 3.8) is 0 Å². The van der Waals surface area contributed by atoms with Crippen molar-refractivity contribution in [2.75, 3.05) is 13.1 Å². The molecule has 0 spiro atoms. The zero-order valence-electron chi connectivity index (χ0n) is 18.8. The van der Waals surface area contributed by atoms with E-state index in [1.54, 1.807) is 13.0 Å². The van der Waals surface area contributed by atoms with Gasteiger partial charge in [-0.1, -0.05) is 17.7 Å². The monoisotopic (exact) mass is 465 g/mol. The second-order valence-electron chi connectivity index (χ2n) is 9.10. The number of hydrogen-bond acceptors (Lipinski definition) is 6. The standard InChI is InChI=1S/C24H28ClN7O/c1-16-26-30-32(29-16)15-20-14-21(25)6-4-17(20)5-9-24(33)31-12-10-19(11-13-31)23-8-7-22(27-28-23)18-2-3-18/h4-6,9,14,18-19H,2-3,7-8,10-13,15H2,1H3/b9-5+. The van der Waals surface area contributed by atoms with Crippen molar-refractivity contribution in [1.82, 2.24) is 25.1 Å². The van der Waals surface area contributed by atoms with Crippen LogP contribution in [0.25, 0.3) is 6.08 Å². The van der Waals surface area contributed by atoms with Crippen molar-refractivity contribution in [1.29, 1.82) is 0 Å². The van der Waals surface area contributed by atoms with E-state index in [1.807, 2.05) is 29.2 Å². The van der Waals surface area contributed by atoms with Crippen LogP contribution < -0.4 is 0 Å². The van der Waals surface area contributed by atoms with Crippen LogP contribution >= 0.6 is 11.6 Å².